The van der Waals surface area contributed by atoms with Crippen molar-refractivity contribution in [3.05, 3.63) is 34.9 Å². The normalized spacial score (nSPS) is 16.2. The third-order valence-corrected chi connectivity index (χ3v) is 2.95. The Bertz CT molecular complexity index is 375. The number of carbonyl (C=O) groups is 1. The first-order valence-electron chi connectivity index (χ1n) is 5.44. The Kier molecular flexibility index (Phi) is 3.80. The summed E-state index contributed by atoms with van der Waals surface area (Å²) in [6.45, 7) is 1.32. The summed E-state index contributed by atoms with van der Waals surface area (Å²) in [4.78, 5) is 17.2. The molecule has 0 saturated carbocycles. The van der Waals surface area contributed by atoms with Crippen molar-refractivity contribution in [1.29, 1.82) is 0 Å². The highest BCUT2D eigenvalue weighted by atomic mass is 35.5. The molecule has 0 aromatic heterocycles. The molecule has 0 N–H and O–H groups in total. The third kappa shape index (κ3) is 2.74. The number of rotatable bonds is 2. The van der Waals surface area contributed by atoms with Crippen LogP contribution in [0.5, 0.6) is 0 Å². The molecule has 1 aromatic carbocycles. The molecule has 0 bridgehead atoms. The van der Waals surface area contributed by atoms with Gasteiger partial charge in [0.25, 0.3) is 5.91 Å². The monoisotopic (exact) mass is 239 g/mol. The van der Waals surface area contributed by atoms with Crippen LogP contribution in [0.3, 0.4) is 0 Å². The number of hydrogen-bond acceptors (Lipinski definition) is 2. The fourth-order valence-corrected chi connectivity index (χ4v) is 1.89. The number of nitrogens with zero attached hydrogens (tertiary/aromatic N) is 1. The van der Waals surface area contributed by atoms with E-state index in [4.69, 9.17) is 16.4 Å². The van der Waals surface area contributed by atoms with Crippen molar-refractivity contribution in [2.45, 2.75) is 19.3 Å². The average molecular weight is 240 g/mol. The minimum Gasteiger partial charge on any atom is -0.272 e. The summed E-state index contributed by atoms with van der Waals surface area (Å²) in [7, 11) is 0. The molecule has 1 amide bonds. The summed E-state index contributed by atoms with van der Waals surface area (Å²) < 4.78 is 0. The van der Waals surface area contributed by atoms with Crippen molar-refractivity contribution < 1.29 is 9.63 Å². The van der Waals surface area contributed by atoms with Crippen LogP contribution in [0.25, 0.3) is 0 Å². The van der Waals surface area contributed by atoms with Gasteiger partial charge in [0, 0.05) is 11.6 Å². The molecule has 1 fully saturated rings. The topological polar surface area (TPSA) is 29.5 Å². The maximum absolute atomic E-state index is 11.9. The molecule has 0 aliphatic carbocycles. The van der Waals surface area contributed by atoms with E-state index in [1.54, 1.807) is 6.07 Å². The Morgan fingerprint density at radius 1 is 1.38 bits per heavy atom. The van der Waals surface area contributed by atoms with Crippen molar-refractivity contribution in [3.8, 4) is 0 Å². The fraction of sp³-hybridized carbons (Fsp3) is 0.417. The molecule has 1 saturated heterocycles. The number of hydrogen-bond donors (Lipinski definition) is 0. The van der Waals surface area contributed by atoms with Gasteiger partial charge in [-0.2, -0.15) is 0 Å². The van der Waals surface area contributed by atoms with Gasteiger partial charge in [-0.3, -0.25) is 9.63 Å². The second-order valence-electron chi connectivity index (χ2n) is 3.80. The van der Waals surface area contributed by atoms with Crippen LogP contribution < -0.4 is 0 Å². The summed E-state index contributed by atoms with van der Waals surface area (Å²) in [5.74, 6) is -0.0206. The summed E-state index contributed by atoms with van der Waals surface area (Å²) >= 11 is 6.00. The number of hydroxylamine groups is 2. The molecule has 4 heteroatoms. The van der Waals surface area contributed by atoms with Gasteiger partial charge >= 0.3 is 0 Å². The summed E-state index contributed by atoms with van der Waals surface area (Å²) in [5.41, 5.74) is 0.850. The molecule has 0 atom stereocenters. The number of amides is 1. The van der Waals surface area contributed by atoms with E-state index in [1.807, 2.05) is 18.2 Å². The highest BCUT2D eigenvalue weighted by molar-refractivity contribution is 6.31. The second-order valence-corrected chi connectivity index (χ2v) is 4.21. The SMILES string of the molecule is O=C(Cc1ccccc1Cl)N1CCCCO1. The zero-order valence-corrected chi connectivity index (χ0v) is 9.74. The predicted octanol–water partition coefficient (Wildman–Crippen LogP) is 2.44. The molecule has 3 nitrogen and oxygen atoms in total. The van der Waals surface area contributed by atoms with E-state index in [0.717, 1.165) is 18.4 Å². The van der Waals surface area contributed by atoms with Gasteiger partial charge in [-0.05, 0) is 24.5 Å². The molecule has 1 aliphatic heterocycles. The minimum atomic E-state index is -0.0206. The maximum atomic E-state index is 11.9. The van der Waals surface area contributed by atoms with Gasteiger partial charge in [0.15, 0.2) is 0 Å². The average Bonchev–Trinajstić information content (AvgIpc) is 2.33. The van der Waals surface area contributed by atoms with Crippen molar-refractivity contribution >= 4 is 17.5 Å². The van der Waals surface area contributed by atoms with E-state index in [0.29, 0.717) is 24.6 Å². The van der Waals surface area contributed by atoms with E-state index in [2.05, 4.69) is 0 Å². The van der Waals surface area contributed by atoms with Crippen LogP contribution in [0.4, 0.5) is 0 Å². The standard InChI is InChI=1S/C12H14ClNO2/c13-11-6-2-1-5-10(11)9-12(15)14-7-3-4-8-16-14/h1-2,5-6H,3-4,7-9H2. The van der Waals surface area contributed by atoms with Crippen LogP contribution in [-0.2, 0) is 16.1 Å². The van der Waals surface area contributed by atoms with Crippen molar-refractivity contribution in [2.24, 2.45) is 0 Å². The number of halogens is 1. The van der Waals surface area contributed by atoms with Crippen molar-refractivity contribution in [3.63, 3.8) is 0 Å². The van der Waals surface area contributed by atoms with Crippen LogP contribution in [-0.4, -0.2) is 24.1 Å². The van der Waals surface area contributed by atoms with Crippen LogP contribution in [0.2, 0.25) is 5.02 Å². The molecule has 1 heterocycles. The molecule has 0 radical (unpaired) electrons. The first kappa shape index (κ1) is 11.4. The zero-order valence-electron chi connectivity index (χ0n) is 8.99. The van der Waals surface area contributed by atoms with E-state index in [-0.39, 0.29) is 5.91 Å². The largest absolute Gasteiger partial charge is 0.272 e. The van der Waals surface area contributed by atoms with Crippen molar-refractivity contribution in [1.82, 2.24) is 5.06 Å². The number of benzene rings is 1. The van der Waals surface area contributed by atoms with Gasteiger partial charge < -0.3 is 0 Å². The fourth-order valence-electron chi connectivity index (χ4n) is 1.69. The predicted molar refractivity (Wildman–Crippen MR) is 62.1 cm³/mol. The molecular formula is C12H14ClNO2. The van der Waals surface area contributed by atoms with Gasteiger partial charge in [-0.25, -0.2) is 5.06 Å². The van der Waals surface area contributed by atoms with Gasteiger partial charge in [0.1, 0.15) is 0 Å². The Hall–Kier alpha value is -1.06. The molecule has 86 valence electrons. The molecular weight excluding hydrogens is 226 g/mol. The van der Waals surface area contributed by atoms with E-state index < -0.39 is 0 Å². The van der Waals surface area contributed by atoms with Crippen LogP contribution in [0.1, 0.15) is 18.4 Å². The lowest BCUT2D eigenvalue weighted by molar-refractivity contribution is -0.196. The molecule has 0 unspecified atom stereocenters. The highest BCUT2D eigenvalue weighted by Crippen LogP contribution is 2.17. The van der Waals surface area contributed by atoms with Gasteiger partial charge in [-0.15, -0.1) is 0 Å². The van der Waals surface area contributed by atoms with Gasteiger partial charge in [0.2, 0.25) is 0 Å². The summed E-state index contributed by atoms with van der Waals surface area (Å²) in [6.07, 6.45) is 2.34. The Labute approximate surface area is 99.9 Å². The van der Waals surface area contributed by atoms with Crippen LogP contribution in [0, 0.1) is 0 Å². The minimum absolute atomic E-state index is 0.0206. The van der Waals surface area contributed by atoms with Gasteiger partial charge in [0.05, 0.1) is 13.0 Å². The lowest BCUT2D eigenvalue weighted by Gasteiger charge is -2.25. The van der Waals surface area contributed by atoms with Crippen LogP contribution in [0.15, 0.2) is 24.3 Å². The smallest absolute Gasteiger partial charge is 0.250 e. The maximum Gasteiger partial charge on any atom is 0.250 e. The lowest BCUT2D eigenvalue weighted by atomic mass is 10.1. The molecule has 16 heavy (non-hydrogen) atoms. The first-order valence-corrected chi connectivity index (χ1v) is 5.82. The molecule has 1 aromatic rings. The molecule has 2 rings (SSSR count). The zero-order chi connectivity index (χ0) is 11.4. The summed E-state index contributed by atoms with van der Waals surface area (Å²) in [5, 5.41) is 2.08. The molecule has 1 aliphatic rings. The Morgan fingerprint density at radius 3 is 2.88 bits per heavy atom. The quantitative estimate of drug-likeness (QED) is 0.793. The second kappa shape index (κ2) is 5.32. The Morgan fingerprint density at radius 2 is 2.19 bits per heavy atom. The molecule has 0 spiro atoms. The van der Waals surface area contributed by atoms with E-state index >= 15 is 0 Å². The first-order chi connectivity index (χ1) is 7.77. The Balaban J connectivity index is 1.99. The van der Waals surface area contributed by atoms with E-state index in [9.17, 15) is 4.79 Å². The highest BCUT2D eigenvalue weighted by Gasteiger charge is 2.18. The number of carbonyl (C=O) groups excluding carboxylic acids is 1. The third-order valence-electron chi connectivity index (χ3n) is 2.58. The summed E-state index contributed by atoms with van der Waals surface area (Å²) in [6, 6.07) is 7.39. The van der Waals surface area contributed by atoms with E-state index in [1.165, 1.54) is 5.06 Å². The lowest BCUT2D eigenvalue weighted by Crippen LogP contribution is -2.36. The van der Waals surface area contributed by atoms with Crippen molar-refractivity contribution in [2.75, 3.05) is 13.2 Å². The van der Waals surface area contributed by atoms with Crippen LogP contribution >= 0.6 is 11.6 Å². The van der Waals surface area contributed by atoms with Gasteiger partial charge in [-0.1, -0.05) is 29.8 Å².